The molecule has 0 aliphatic carbocycles. The number of carbonyl (C=O) groups is 1. The van der Waals surface area contributed by atoms with Crippen LogP contribution in [0.25, 0.3) is 0 Å². The largest absolute Gasteiger partial charge is 0.481 e. The second-order valence-corrected chi connectivity index (χ2v) is 2.57. The highest BCUT2D eigenvalue weighted by molar-refractivity contribution is 5.85. The van der Waals surface area contributed by atoms with Crippen molar-refractivity contribution in [1.82, 2.24) is 0 Å². The summed E-state index contributed by atoms with van der Waals surface area (Å²) >= 11 is 0. The summed E-state index contributed by atoms with van der Waals surface area (Å²) in [5, 5.41) is 8.29. The van der Waals surface area contributed by atoms with E-state index in [4.69, 9.17) is 19.3 Å². The average Bonchev–Trinajstić information content (AvgIpc) is 2.15. The van der Waals surface area contributed by atoms with E-state index in [9.17, 15) is 4.79 Å². The number of hydrogen-bond acceptors (Lipinski definition) is 4. The van der Waals surface area contributed by atoms with Gasteiger partial charge in [-0.25, -0.2) is 0 Å². The second-order valence-electron chi connectivity index (χ2n) is 2.57. The van der Waals surface area contributed by atoms with Crippen LogP contribution in [-0.4, -0.2) is 50.7 Å². The minimum atomic E-state index is -0.845. The molecule has 0 fully saturated rings. The Kier molecular flexibility index (Phi) is 15.5. The summed E-state index contributed by atoms with van der Waals surface area (Å²) in [6, 6.07) is 0. The molecule has 0 aromatic rings. The lowest BCUT2D eigenvalue weighted by atomic mass is 10.5. The highest BCUT2D eigenvalue weighted by atomic mass is 35.5. The molecule has 0 saturated heterocycles. The average molecular weight is 243 g/mol. The van der Waals surface area contributed by atoms with E-state index in [1.165, 1.54) is 0 Å². The number of ether oxygens (including phenoxy) is 3. The number of carboxylic acids is 1. The van der Waals surface area contributed by atoms with Crippen molar-refractivity contribution >= 4 is 18.4 Å². The van der Waals surface area contributed by atoms with Crippen molar-refractivity contribution in [2.24, 2.45) is 0 Å². The van der Waals surface area contributed by atoms with Crippen LogP contribution < -0.4 is 0 Å². The minimum absolute atomic E-state index is 0. The summed E-state index contributed by atoms with van der Waals surface area (Å²) in [6.07, 6.45) is 0.0406. The smallest absolute Gasteiger partial charge is 0.305 e. The molecule has 92 valence electrons. The third-order valence-corrected chi connectivity index (χ3v) is 1.41. The zero-order chi connectivity index (χ0) is 10.6. The van der Waals surface area contributed by atoms with E-state index in [1.807, 2.05) is 6.92 Å². The van der Waals surface area contributed by atoms with Crippen molar-refractivity contribution in [1.29, 1.82) is 0 Å². The van der Waals surface area contributed by atoms with Gasteiger partial charge in [-0.05, 0) is 6.92 Å². The number of rotatable bonds is 10. The van der Waals surface area contributed by atoms with E-state index in [0.717, 1.165) is 0 Å². The standard InChI is InChI=1S/C9H18O5.ClH/c1-2-12-5-6-14-8-7-13-4-3-9(10)11;/h2-8H2,1H3,(H,10,11);1H. The van der Waals surface area contributed by atoms with Crippen LogP contribution in [0.3, 0.4) is 0 Å². The van der Waals surface area contributed by atoms with Crippen molar-refractivity contribution in [2.45, 2.75) is 13.3 Å². The van der Waals surface area contributed by atoms with Crippen LogP contribution in [0.5, 0.6) is 0 Å². The first kappa shape index (κ1) is 17.0. The second kappa shape index (κ2) is 13.6. The van der Waals surface area contributed by atoms with Gasteiger partial charge >= 0.3 is 5.97 Å². The molecule has 0 unspecified atom stereocenters. The van der Waals surface area contributed by atoms with Gasteiger partial charge in [0.05, 0.1) is 39.5 Å². The normalized spacial score (nSPS) is 9.67. The molecule has 0 rings (SSSR count). The Morgan fingerprint density at radius 3 is 1.93 bits per heavy atom. The fraction of sp³-hybridized carbons (Fsp3) is 0.889. The van der Waals surface area contributed by atoms with Crippen molar-refractivity contribution in [2.75, 3.05) is 39.6 Å². The van der Waals surface area contributed by atoms with E-state index in [-0.39, 0.29) is 25.4 Å². The fourth-order valence-electron chi connectivity index (χ4n) is 0.744. The predicted molar refractivity (Wildman–Crippen MR) is 57.6 cm³/mol. The molecular weight excluding hydrogens is 224 g/mol. The number of aliphatic carboxylic acids is 1. The number of halogens is 1. The van der Waals surface area contributed by atoms with Gasteiger partial charge in [-0.3, -0.25) is 4.79 Å². The molecule has 6 heteroatoms. The summed E-state index contributed by atoms with van der Waals surface area (Å²) in [4.78, 5) is 10.1. The number of hydrogen-bond donors (Lipinski definition) is 1. The van der Waals surface area contributed by atoms with E-state index in [2.05, 4.69) is 0 Å². The SMILES string of the molecule is CCOCCOCCOCCC(=O)O.Cl. The Morgan fingerprint density at radius 2 is 1.47 bits per heavy atom. The summed E-state index contributed by atoms with van der Waals surface area (Å²) in [5.74, 6) is -0.845. The maximum atomic E-state index is 10.1. The summed E-state index contributed by atoms with van der Waals surface area (Å²) < 4.78 is 15.2. The molecule has 1 N–H and O–H groups in total. The van der Waals surface area contributed by atoms with Crippen LogP contribution in [0.15, 0.2) is 0 Å². The highest BCUT2D eigenvalue weighted by Gasteiger charge is 1.95. The summed E-state index contributed by atoms with van der Waals surface area (Å²) in [5.41, 5.74) is 0. The van der Waals surface area contributed by atoms with Crippen molar-refractivity contribution in [3.63, 3.8) is 0 Å². The lowest BCUT2D eigenvalue weighted by molar-refractivity contribution is -0.138. The van der Waals surface area contributed by atoms with Crippen molar-refractivity contribution in [3.8, 4) is 0 Å². The summed E-state index contributed by atoms with van der Waals surface area (Å²) in [6.45, 7) is 4.91. The molecule has 0 aromatic heterocycles. The Hall–Kier alpha value is -0.360. The van der Waals surface area contributed by atoms with E-state index >= 15 is 0 Å². The first-order valence-electron chi connectivity index (χ1n) is 4.72. The third-order valence-electron chi connectivity index (χ3n) is 1.41. The van der Waals surface area contributed by atoms with Gasteiger partial charge in [0.2, 0.25) is 0 Å². The molecular formula is C9H19ClO5. The lowest BCUT2D eigenvalue weighted by Crippen LogP contribution is -2.10. The predicted octanol–water partition coefficient (Wildman–Crippen LogP) is 0.953. The van der Waals surface area contributed by atoms with Crippen molar-refractivity contribution < 1.29 is 24.1 Å². The quantitative estimate of drug-likeness (QED) is 0.578. The minimum Gasteiger partial charge on any atom is -0.481 e. The Morgan fingerprint density at radius 1 is 1.00 bits per heavy atom. The van der Waals surface area contributed by atoms with Crippen LogP contribution in [0, 0.1) is 0 Å². The van der Waals surface area contributed by atoms with Crippen LogP contribution in [0.2, 0.25) is 0 Å². The fourth-order valence-corrected chi connectivity index (χ4v) is 0.744. The van der Waals surface area contributed by atoms with Gasteiger partial charge < -0.3 is 19.3 Å². The van der Waals surface area contributed by atoms with Crippen LogP contribution in [-0.2, 0) is 19.0 Å². The van der Waals surface area contributed by atoms with Crippen LogP contribution in [0.1, 0.15) is 13.3 Å². The Balaban J connectivity index is 0. The van der Waals surface area contributed by atoms with Crippen molar-refractivity contribution in [3.05, 3.63) is 0 Å². The molecule has 0 heterocycles. The molecule has 0 amide bonds. The third kappa shape index (κ3) is 16.3. The maximum Gasteiger partial charge on any atom is 0.305 e. The van der Waals surface area contributed by atoms with Gasteiger partial charge in [0.15, 0.2) is 0 Å². The molecule has 0 atom stereocenters. The molecule has 0 aromatic carbocycles. The van der Waals surface area contributed by atoms with Gasteiger partial charge in [-0.15, -0.1) is 12.4 Å². The molecule has 15 heavy (non-hydrogen) atoms. The van der Waals surface area contributed by atoms with E-state index in [0.29, 0.717) is 33.0 Å². The zero-order valence-electron chi connectivity index (χ0n) is 8.94. The Labute approximate surface area is 96.1 Å². The van der Waals surface area contributed by atoms with Crippen LogP contribution in [0.4, 0.5) is 0 Å². The molecule has 0 aliphatic heterocycles. The molecule has 0 aliphatic rings. The van der Waals surface area contributed by atoms with Gasteiger partial charge in [-0.2, -0.15) is 0 Å². The first-order valence-corrected chi connectivity index (χ1v) is 4.72. The molecule has 0 spiro atoms. The van der Waals surface area contributed by atoms with E-state index < -0.39 is 5.97 Å². The van der Waals surface area contributed by atoms with Crippen LogP contribution >= 0.6 is 12.4 Å². The lowest BCUT2D eigenvalue weighted by Gasteiger charge is -2.04. The summed E-state index contributed by atoms with van der Waals surface area (Å²) in [7, 11) is 0. The highest BCUT2D eigenvalue weighted by Crippen LogP contribution is 1.84. The monoisotopic (exact) mass is 242 g/mol. The van der Waals surface area contributed by atoms with Gasteiger partial charge in [0, 0.05) is 6.61 Å². The topological polar surface area (TPSA) is 65.0 Å². The maximum absolute atomic E-state index is 10.1. The van der Waals surface area contributed by atoms with Gasteiger partial charge in [0.1, 0.15) is 0 Å². The molecule has 0 bridgehead atoms. The molecule has 0 radical (unpaired) electrons. The Bertz CT molecular complexity index is 142. The van der Waals surface area contributed by atoms with Gasteiger partial charge in [-0.1, -0.05) is 0 Å². The zero-order valence-corrected chi connectivity index (χ0v) is 9.75. The molecule has 0 saturated carbocycles. The van der Waals surface area contributed by atoms with E-state index in [1.54, 1.807) is 0 Å². The first-order chi connectivity index (χ1) is 6.77. The molecule has 5 nitrogen and oxygen atoms in total. The number of carboxylic acid groups (broad SMARTS) is 1. The van der Waals surface area contributed by atoms with Gasteiger partial charge in [0.25, 0.3) is 0 Å².